The van der Waals surface area contributed by atoms with Crippen molar-refractivity contribution in [1.82, 2.24) is 4.98 Å². The van der Waals surface area contributed by atoms with Crippen LogP contribution in [0.2, 0.25) is 0 Å². The van der Waals surface area contributed by atoms with Gasteiger partial charge in [0, 0.05) is 17.6 Å². The summed E-state index contributed by atoms with van der Waals surface area (Å²) >= 11 is 5.43. The molecular formula is C11H8ClNO3. The number of pyridine rings is 1. The number of hydrogen-bond acceptors (Lipinski definition) is 3. The average Bonchev–Trinajstić information content (AvgIpc) is 2.28. The van der Waals surface area contributed by atoms with Crippen LogP contribution in [0.25, 0.3) is 10.9 Å². The van der Waals surface area contributed by atoms with Gasteiger partial charge >= 0.3 is 5.97 Å². The lowest BCUT2D eigenvalue weighted by Crippen LogP contribution is -1.97. The van der Waals surface area contributed by atoms with Crippen LogP contribution in [0.3, 0.4) is 0 Å². The first kappa shape index (κ1) is 10.7. The largest absolute Gasteiger partial charge is 0.478 e. The molecule has 4 nitrogen and oxygen atoms in total. The number of hydrogen-bond donors (Lipinski definition) is 1. The number of rotatable bonds is 3. The van der Waals surface area contributed by atoms with Crippen molar-refractivity contribution in [3.8, 4) is 5.75 Å². The number of benzene rings is 1. The molecule has 0 aliphatic rings. The van der Waals surface area contributed by atoms with Crippen molar-refractivity contribution < 1.29 is 14.6 Å². The molecule has 1 aromatic heterocycles. The van der Waals surface area contributed by atoms with Gasteiger partial charge < -0.3 is 9.84 Å². The summed E-state index contributed by atoms with van der Waals surface area (Å²) in [5, 5.41) is 9.55. The van der Waals surface area contributed by atoms with Crippen molar-refractivity contribution >= 4 is 28.5 Å². The van der Waals surface area contributed by atoms with Gasteiger partial charge in [-0.2, -0.15) is 0 Å². The second-order valence-corrected chi connectivity index (χ2v) is 3.36. The lowest BCUT2D eigenvalue weighted by Gasteiger charge is -2.03. The third-order valence-corrected chi connectivity index (χ3v) is 2.23. The summed E-state index contributed by atoms with van der Waals surface area (Å²) in [6.45, 7) is 0. The number of carbonyl (C=O) groups is 1. The molecule has 0 amide bonds. The molecule has 5 heteroatoms. The molecule has 0 spiro atoms. The zero-order valence-electron chi connectivity index (χ0n) is 8.18. The fourth-order valence-electron chi connectivity index (χ4n) is 1.37. The number of ether oxygens (including phenoxy) is 1. The van der Waals surface area contributed by atoms with Gasteiger partial charge in [0.05, 0.1) is 11.1 Å². The summed E-state index contributed by atoms with van der Waals surface area (Å²) in [6.07, 6.45) is 1.31. The maximum Gasteiger partial charge on any atom is 0.337 e. The van der Waals surface area contributed by atoms with Crippen LogP contribution in [0.4, 0.5) is 0 Å². The normalized spacial score (nSPS) is 10.3. The molecule has 0 bridgehead atoms. The Balaban J connectivity index is 2.48. The molecule has 0 radical (unpaired) electrons. The zero-order valence-corrected chi connectivity index (χ0v) is 8.94. The lowest BCUT2D eigenvalue weighted by atomic mass is 10.1. The monoisotopic (exact) mass is 237 g/mol. The predicted octanol–water partition coefficient (Wildman–Crippen LogP) is 2.51. The molecule has 0 atom stereocenters. The minimum absolute atomic E-state index is 0.0682. The number of aromatic carboxylic acids is 1. The van der Waals surface area contributed by atoms with Crippen LogP contribution >= 0.6 is 11.6 Å². The Morgan fingerprint density at radius 1 is 1.44 bits per heavy atom. The Morgan fingerprint density at radius 2 is 2.25 bits per heavy atom. The number of alkyl halides is 1. The minimum atomic E-state index is -0.990. The fraction of sp³-hybridized carbons (Fsp3) is 0.0909. The smallest absolute Gasteiger partial charge is 0.337 e. The zero-order chi connectivity index (χ0) is 11.5. The molecule has 1 aromatic carbocycles. The number of fused-ring (bicyclic) bond motifs is 1. The molecule has 82 valence electrons. The van der Waals surface area contributed by atoms with E-state index < -0.39 is 5.97 Å². The van der Waals surface area contributed by atoms with Gasteiger partial charge in [-0.3, -0.25) is 4.98 Å². The van der Waals surface area contributed by atoms with Crippen molar-refractivity contribution in [2.24, 2.45) is 0 Å². The van der Waals surface area contributed by atoms with Gasteiger partial charge in [-0.05, 0) is 18.2 Å². The third-order valence-electron chi connectivity index (χ3n) is 2.12. The molecule has 1 heterocycles. The van der Waals surface area contributed by atoms with E-state index >= 15 is 0 Å². The quantitative estimate of drug-likeness (QED) is 0.834. The number of nitrogens with zero attached hydrogens (tertiary/aromatic N) is 1. The van der Waals surface area contributed by atoms with Crippen molar-refractivity contribution in [2.45, 2.75) is 0 Å². The number of aromatic nitrogens is 1. The highest BCUT2D eigenvalue weighted by Gasteiger charge is 2.05. The van der Waals surface area contributed by atoms with Crippen LogP contribution < -0.4 is 4.74 Å². The van der Waals surface area contributed by atoms with Gasteiger partial charge in [0.25, 0.3) is 0 Å². The summed E-state index contributed by atoms with van der Waals surface area (Å²) in [5.41, 5.74) is 0.839. The van der Waals surface area contributed by atoms with Gasteiger partial charge in [-0.15, -0.1) is 0 Å². The molecule has 1 N–H and O–H groups in total. The van der Waals surface area contributed by atoms with E-state index in [2.05, 4.69) is 4.98 Å². The first-order valence-corrected chi connectivity index (χ1v) is 5.06. The molecule has 0 aliphatic heterocycles. The topological polar surface area (TPSA) is 59.4 Å². The first-order chi connectivity index (χ1) is 7.70. The maximum atomic E-state index is 10.7. The fourth-order valence-corrected chi connectivity index (χ4v) is 1.50. The van der Waals surface area contributed by atoms with E-state index in [4.69, 9.17) is 21.4 Å². The van der Waals surface area contributed by atoms with E-state index in [-0.39, 0.29) is 11.6 Å². The Labute approximate surface area is 96.4 Å². The predicted molar refractivity (Wildman–Crippen MR) is 60.1 cm³/mol. The highest BCUT2D eigenvalue weighted by atomic mass is 35.5. The van der Waals surface area contributed by atoms with Gasteiger partial charge in [0.2, 0.25) is 0 Å². The number of carboxylic acids is 1. The number of carboxylic acid groups (broad SMARTS) is 1. The SMILES string of the molecule is O=C(O)c1cnc2cc(OCCl)ccc2c1. The van der Waals surface area contributed by atoms with E-state index in [0.717, 1.165) is 5.39 Å². The maximum absolute atomic E-state index is 10.7. The van der Waals surface area contributed by atoms with Crippen molar-refractivity contribution in [2.75, 3.05) is 6.07 Å². The van der Waals surface area contributed by atoms with Crippen molar-refractivity contribution in [3.63, 3.8) is 0 Å². The highest BCUT2D eigenvalue weighted by Crippen LogP contribution is 2.20. The average molecular weight is 238 g/mol. The van der Waals surface area contributed by atoms with Crippen LogP contribution in [0, 0.1) is 0 Å². The summed E-state index contributed by atoms with van der Waals surface area (Å²) in [6, 6.07) is 6.81. The summed E-state index contributed by atoms with van der Waals surface area (Å²) in [4.78, 5) is 14.8. The second-order valence-electron chi connectivity index (χ2n) is 3.14. The summed E-state index contributed by atoms with van der Waals surface area (Å²) in [5.74, 6) is -0.381. The first-order valence-electron chi connectivity index (χ1n) is 4.52. The van der Waals surface area contributed by atoms with E-state index in [9.17, 15) is 4.79 Å². The number of halogens is 1. The molecule has 16 heavy (non-hydrogen) atoms. The molecule has 0 aliphatic carbocycles. The molecule has 0 saturated heterocycles. The van der Waals surface area contributed by atoms with E-state index in [0.29, 0.717) is 11.3 Å². The van der Waals surface area contributed by atoms with Crippen LogP contribution in [0.1, 0.15) is 10.4 Å². The van der Waals surface area contributed by atoms with Crippen molar-refractivity contribution in [3.05, 3.63) is 36.0 Å². The van der Waals surface area contributed by atoms with Crippen molar-refractivity contribution in [1.29, 1.82) is 0 Å². The molecule has 0 saturated carbocycles. The molecular weight excluding hydrogens is 230 g/mol. The van der Waals surface area contributed by atoms with Crippen LogP contribution in [-0.2, 0) is 0 Å². The lowest BCUT2D eigenvalue weighted by molar-refractivity contribution is 0.0696. The molecule has 0 fully saturated rings. The standard InChI is InChI=1S/C11H8ClNO3/c12-6-16-9-2-1-7-3-8(11(14)15)5-13-10(7)4-9/h1-5H,6H2,(H,14,15). The second kappa shape index (κ2) is 4.37. The van der Waals surface area contributed by atoms with E-state index in [1.807, 2.05) is 0 Å². The summed E-state index contributed by atoms with van der Waals surface area (Å²) < 4.78 is 5.10. The van der Waals surface area contributed by atoms with E-state index in [1.165, 1.54) is 6.20 Å². The third kappa shape index (κ3) is 2.06. The molecule has 0 unspecified atom stereocenters. The van der Waals surface area contributed by atoms with Gasteiger partial charge in [-0.1, -0.05) is 11.6 Å². The van der Waals surface area contributed by atoms with Crippen LogP contribution in [-0.4, -0.2) is 22.1 Å². The van der Waals surface area contributed by atoms with Gasteiger partial charge in [0.1, 0.15) is 5.75 Å². The highest BCUT2D eigenvalue weighted by molar-refractivity contribution is 6.17. The van der Waals surface area contributed by atoms with Gasteiger partial charge in [-0.25, -0.2) is 4.79 Å². The Morgan fingerprint density at radius 3 is 2.94 bits per heavy atom. The Hall–Kier alpha value is -1.81. The van der Waals surface area contributed by atoms with Crippen LogP contribution in [0.5, 0.6) is 5.75 Å². The van der Waals surface area contributed by atoms with Crippen LogP contribution in [0.15, 0.2) is 30.5 Å². The summed E-state index contributed by atoms with van der Waals surface area (Å²) in [7, 11) is 0. The minimum Gasteiger partial charge on any atom is -0.478 e. The molecule has 2 rings (SSSR count). The van der Waals surface area contributed by atoms with E-state index in [1.54, 1.807) is 24.3 Å². The molecule has 2 aromatic rings. The Kier molecular flexibility index (Phi) is 2.92. The van der Waals surface area contributed by atoms with Gasteiger partial charge in [0.15, 0.2) is 6.07 Å². The Bertz CT molecular complexity index is 542.